The molecule has 1 fully saturated rings. The molecule has 1 aliphatic rings. The minimum absolute atomic E-state index is 0.237. The Balaban J connectivity index is 1.62. The fourth-order valence-corrected chi connectivity index (χ4v) is 3.52. The lowest BCUT2D eigenvalue weighted by atomic mass is 9.86. The van der Waals surface area contributed by atoms with E-state index in [0.29, 0.717) is 6.54 Å². The summed E-state index contributed by atoms with van der Waals surface area (Å²) in [5, 5.41) is 21.4. The van der Waals surface area contributed by atoms with Gasteiger partial charge in [-0.25, -0.2) is 4.98 Å². The Hall–Kier alpha value is -2.67. The lowest BCUT2D eigenvalue weighted by molar-refractivity contribution is 0.0763. The van der Waals surface area contributed by atoms with Gasteiger partial charge in [-0.2, -0.15) is 10.1 Å². The second-order valence-electron chi connectivity index (χ2n) is 6.63. The summed E-state index contributed by atoms with van der Waals surface area (Å²) in [6, 6.07) is 7.89. The van der Waals surface area contributed by atoms with Crippen LogP contribution in [0, 0.1) is 5.92 Å². The number of aliphatic hydroxyl groups excluding tert-OH is 1. The summed E-state index contributed by atoms with van der Waals surface area (Å²) in [5.41, 5.74) is 8.61. The fourth-order valence-electron chi connectivity index (χ4n) is 3.52. The van der Waals surface area contributed by atoms with E-state index in [2.05, 4.69) is 25.5 Å². The van der Waals surface area contributed by atoms with Gasteiger partial charge in [0, 0.05) is 29.6 Å². The van der Waals surface area contributed by atoms with Crippen molar-refractivity contribution in [2.75, 3.05) is 17.6 Å². The van der Waals surface area contributed by atoms with E-state index in [1.54, 1.807) is 6.20 Å². The average Bonchev–Trinajstić information content (AvgIpc) is 3.15. The number of aromatic nitrogens is 4. The summed E-state index contributed by atoms with van der Waals surface area (Å²) in [4.78, 5) is 8.72. The molecule has 25 heavy (non-hydrogen) atoms. The summed E-state index contributed by atoms with van der Waals surface area (Å²) in [5.74, 6) is 1.21. The zero-order valence-electron chi connectivity index (χ0n) is 13.9. The third kappa shape index (κ3) is 3.28. The van der Waals surface area contributed by atoms with Gasteiger partial charge in [-0.1, -0.05) is 18.9 Å². The van der Waals surface area contributed by atoms with E-state index < -0.39 is 0 Å². The van der Waals surface area contributed by atoms with Crippen molar-refractivity contribution in [3.63, 3.8) is 0 Å². The molecule has 3 aromatic rings. The number of nitrogens with two attached hydrogens (primary N) is 1. The van der Waals surface area contributed by atoms with Crippen LogP contribution in [0.4, 0.5) is 11.8 Å². The van der Waals surface area contributed by atoms with Crippen molar-refractivity contribution in [3.05, 3.63) is 30.5 Å². The number of fused-ring (bicyclic) bond motifs is 1. The monoisotopic (exact) mass is 338 g/mol. The average molecular weight is 338 g/mol. The van der Waals surface area contributed by atoms with Crippen LogP contribution < -0.4 is 11.1 Å². The van der Waals surface area contributed by atoms with Crippen LogP contribution in [0.2, 0.25) is 0 Å². The minimum atomic E-state index is -0.237. The molecule has 7 nitrogen and oxygen atoms in total. The zero-order chi connectivity index (χ0) is 17.2. The molecule has 5 N–H and O–H groups in total. The van der Waals surface area contributed by atoms with Crippen LogP contribution in [-0.2, 0) is 0 Å². The van der Waals surface area contributed by atoms with E-state index in [1.807, 2.05) is 24.3 Å². The van der Waals surface area contributed by atoms with Crippen LogP contribution in [0.1, 0.15) is 25.7 Å². The Morgan fingerprint density at radius 1 is 1.20 bits per heavy atom. The van der Waals surface area contributed by atoms with Crippen molar-refractivity contribution in [1.82, 2.24) is 20.2 Å². The Bertz CT molecular complexity index is 863. The fraction of sp³-hybridized carbons (Fsp3) is 0.389. The number of rotatable bonds is 4. The maximum absolute atomic E-state index is 10.2. The third-order valence-corrected chi connectivity index (χ3v) is 4.93. The molecule has 2 atom stereocenters. The van der Waals surface area contributed by atoms with E-state index in [-0.39, 0.29) is 18.0 Å². The lowest BCUT2D eigenvalue weighted by Gasteiger charge is -2.28. The Kier molecular flexibility index (Phi) is 4.23. The first kappa shape index (κ1) is 15.8. The number of nitrogens with one attached hydrogen (secondary N) is 2. The standard InChI is InChI=1S/C18H22N6O/c19-18-22-15-9-11(14-7-8-21-24-14)5-6-13(15)17(23-18)20-10-12-3-1-2-4-16(12)25/h5-9,12,16,25H,1-4,10H2,(H,21,24)(H3,19,20,22,23). The molecular weight excluding hydrogens is 316 g/mol. The molecule has 0 saturated heterocycles. The van der Waals surface area contributed by atoms with E-state index in [1.165, 1.54) is 6.42 Å². The first-order chi connectivity index (χ1) is 12.2. The maximum atomic E-state index is 10.2. The molecule has 2 unspecified atom stereocenters. The Labute approximate surface area is 145 Å². The molecule has 1 aromatic carbocycles. The normalized spacial score (nSPS) is 20.7. The van der Waals surface area contributed by atoms with E-state index in [9.17, 15) is 5.11 Å². The summed E-state index contributed by atoms with van der Waals surface area (Å²) in [6.07, 6.45) is 5.68. The Morgan fingerprint density at radius 3 is 2.88 bits per heavy atom. The number of hydrogen-bond acceptors (Lipinski definition) is 6. The van der Waals surface area contributed by atoms with Crippen LogP contribution in [0.5, 0.6) is 0 Å². The van der Waals surface area contributed by atoms with Crippen molar-refractivity contribution < 1.29 is 5.11 Å². The van der Waals surface area contributed by atoms with Crippen molar-refractivity contribution >= 4 is 22.7 Å². The van der Waals surface area contributed by atoms with E-state index in [0.717, 1.165) is 47.2 Å². The molecule has 130 valence electrons. The van der Waals surface area contributed by atoms with Crippen molar-refractivity contribution in [2.24, 2.45) is 5.92 Å². The topological polar surface area (TPSA) is 113 Å². The first-order valence-corrected chi connectivity index (χ1v) is 8.69. The van der Waals surface area contributed by atoms with Crippen molar-refractivity contribution in [3.8, 4) is 11.3 Å². The molecule has 0 aliphatic heterocycles. The number of H-pyrrole nitrogens is 1. The summed E-state index contributed by atoms with van der Waals surface area (Å²) >= 11 is 0. The molecule has 4 rings (SSSR count). The van der Waals surface area contributed by atoms with Gasteiger partial charge in [-0.15, -0.1) is 0 Å². The summed E-state index contributed by atoms with van der Waals surface area (Å²) in [7, 11) is 0. The molecule has 0 spiro atoms. The molecule has 0 amide bonds. The highest BCUT2D eigenvalue weighted by molar-refractivity contribution is 5.92. The van der Waals surface area contributed by atoms with Gasteiger partial charge >= 0.3 is 0 Å². The van der Waals surface area contributed by atoms with Crippen LogP contribution in [0.15, 0.2) is 30.5 Å². The van der Waals surface area contributed by atoms with Gasteiger partial charge in [0.2, 0.25) is 5.95 Å². The van der Waals surface area contributed by atoms with Crippen LogP contribution >= 0.6 is 0 Å². The zero-order valence-corrected chi connectivity index (χ0v) is 13.9. The third-order valence-electron chi connectivity index (χ3n) is 4.93. The lowest BCUT2D eigenvalue weighted by Crippen LogP contribution is -2.30. The number of aromatic amines is 1. The molecule has 0 radical (unpaired) electrons. The summed E-state index contributed by atoms with van der Waals surface area (Å²) in [6.45, 7) is 0.690. The molecule has 2 aromatic heterocycles. The van der Waals surface area contributed by atoms with Gasteiger partial charge in [-0.05, 0) is 31.0 Å². The highest BCUT2D eigenvalue weighted by Gasteiger charge is 2.23. The van der Waals surface area contributed by atoms with Gasteiger partial charge in [0.25, 0.3) is 0 Å². The number of nitrogens with zero attached hydrogens (tertiary/aromatic N) is 3. The molecule has 2 heterocycles. The smallest absolute Gasteiger partial charge is 0.222 e. The molecule has 1 saturated carbocycles. The number of hydrogen-bond donors (Lipinski definition) is 4. The minimum Gasteiger partial charge on any atom is -0.393 e. The predicted molar refractivity (Wildman–Crippen MR) is 98.0 cm³/mol. The van der Waals surface area contributed by atoms with E-state index in [4.69, 9.17) is 5.73 Å². The SMILES string of the molecule is Nc1nc(NCC2CCCCC2O)c2ccc(-c3ccn[nH]3)cc2n1. The van der Waals surface area contributed by atoms with Crippen LogP contribution in [0.3, 0.4) is 0 Å². The van der Waals surface area contributed by atoms with Crippen LogP contribution in [0.25, 0.3) is 22.2 Å². The number of aliphatic hydroxyl groups is 1. The van der Waals surface area contributed by atoms with Crippen molar-refractivity contribution in [1.29, 1.82) is 0 Å². The first-order valence-electron chi connectivity index (χ1n) is 8.69. The predicted octanol–water partition coefficient (Wildman–Crippen LogP) is 2.57. The van der Waals surface area contributed by atoms with Crippen LogP contribution in [-0.4, -0.2) is 37.9 Å². The van der Waals surface area contributed by atoms with E-state index >= 15 is 0 Å². The highest BCUT2D eigenvalue weighted by atomic mass is 16.3. The molecule has 1 aliphatic carbocycles. The van der Waals surface area contributed by atoms with Crippen molar-refractivity contribution in [2.45, 2.75) is 31.8 Å². The second kappa shape index (κ2) is 6.68. The van der Waals surface area contributed by atoms with Gasteiger partial charge in [0.15, 0.2) is 0 Å². The summed E-state index contributed by atoms with van der Waals surface area (Å²) < 4.78 is 0. The Morgan fingerprint density at radius 2 is 2.08 bits per heavy atom. The van der Waals surface area contributed by atoms with Gasteiger partial charge in [0.1, 0.15) is 5.82 Å². The highest BCUT2D eigenvalue weighted by Crippen LogP contribution is 2.28. The number of benzene rings is 1. The maximum Gasteiger partial charge on any atom is 0.222 e. The largest absolute Gasteiger partial charge is 0.393 e. The molecule has 0 bridgehead atoms. The quantitative estimate of drug-likeness (QED) is 0.581. The number of anilines is 2. The second-order valence-corrected chi connectivity index (χ2v) is 6.63. The molecule has 7 heteroatoms. The van der Waals surface area contributed by atoms with Gasteiger partial charge in [-0.3, -0.25) is 5.10 Å². The number of nitrogen functional groups attached to an aromatic ring is 1. The van der Waals surface area contributed by atoms with Gasteiger partial charge < -0.3 is 16.2 Å². The molecular formula is C18H22N6O. The van der Waals surface area contributed by atoms with Gasteiger partial charge in [0.05, 0.1) is 17.3 Å².